The zero-order valence-corrected chi connectivity index (χ0v) is 9.65. The molecule has 0 bridgehead atoms. The van der Waals surface area contributed by atoms with E-state index >= 15 is 0 Å². The molecule has 1 fully saturated rings. The highest BCUT2D eigenvalue weighted by Gasteiger charge is 2.46. The second kappa shape index (κ2) is 4.67. The Morgan fingerprint density at radius 3 is 2.58 bits per heavy atom. The molecule has 0 aromatic heterocycles. The van der Waals surface area contributed by atoms with E-state index in [0.29, 0.717) is 12.5 Å². The number of non-ortho nitro benzene ring substituents is 1. The molecular formula is C11H10F4N2O2. The zero-order valence-electron chi connectivity index (χ0n) is 9.65. The first-order valence-electron chi connectivity index (χ1n) is 5.58. The highest BCUT2D eigenvalue weighted by Crippen LogP contribution is 2.37. The van der Waals surface area contributed by atoms with Gasteiger partial charge in [0.1, 0.15) is 6.04 Å². The first-order chi connectivity index (χ1) is 8.80. The lowest BCUT2D eigenvalue weighted by Gasteiger charge is -2.28. The maximum Gasteiger partial charge on any atom is 0.408 e. The summed E-state index contributed by atoms with van der Waals surface area (Å²) in [5.74, 6) is -1.01. The third-order valence-corrected chi connectivity index (χ3v) is 3.08. The van der Waals surface area contributed by atoms with Gasteiger partial charge in [0.25, 0.3) is 5.69 Å². The van der Waals surface area contributed by atoms with Crippen molar-refractivity contribution in [1.29, 1.82) is 0 Å². The number of halogens is 4. The first kappa shape index (κ1) is 13.6. The molecule has 1 aromatic carbocycles. The second-order valence-electron chi connectivity index (χ2n) is 4.29. The number of rotatable bonds is 2. The summed E-state index contributed by atoms with van der Waals surface area (Å²) >= 11 is 0. The van der Waals surface area contributed by atoms with Crippen LogP contribution in [0.15, 0.2) is 18.2 Å². The van der Waals surface area contributed by atoms with E-state index in [2.05, 4.69) is 0 Å². The highest BCUT2D eigenvalue weighted by atomic mass is 19.4. The fourth-order valence-electron chi connectivity index (χ4n) is 2.24. The van der Waals surface area contributed by atoms with Crippen LogP contribution in [0.25, 0.3) is 0 Å². The van der Waals surface area contributed by atoms with Crippen LogP contribution >= 0.6 is 0 Å². The molecule has 1 heterocycles. The van der Waals surface area contributed by atoms with E-state index in [0.717, 1.165) is 17.0 Å². The highest BCUT2D eigenvalue weighted by molar-refractivity contribution is 5.54. The smallest absolute Gasteiger partial charge is 0.357 e. The number of nitro benzene ring substituents is 1. The van der Waals surface area contributed by atoms with E-state index in [-0.39, 0.29) is 18.7 Å². The van der Waals surface area contributed by atoms with Crippen LogP contribution in [-0.2, 0) is 0 Å². The Labute approximate surface area is 105 Å². The van der Waals surface area contributed by atoms with Crippen molar-refractivity contribution >= 4 is 11.4 Å². The number of benzene rings is 1. The molecule has 2 rings (SSSR count). The Balaban J connectivity index is 2.34. The number of anilines is 1. The van der Waals surface area contributed by atoms with Crippen molar-refractivity contribution in [3.05, 3.63) is 34.1 Å². The Bertz CT molecular complexity index is 504. The van der Waals surface area contributed by atoms with Gasteiger partial charge in [-0.15, -0.1) is 0 Å². The van der Waals surface area contributed by atoms with Crippen LogP contribution in [0.3, 0.4) is 0 Å². The van der Waals surface area contributed by atoms with E-state index in [9.17, 15) is 27.7 Å². The van der Waals surface area contributed by atoms with Crippen molar-refractivity contribution in [1.82, 2.24) is 0 Å². The van der Waals surface area contributed by atoms with Gasteiger partial charge in [-0.25, -0.2) is 4.39 Å². The van der Waals surface area contributed by atoms with Crippen LogP contribution in [0.5, 0.6) is 0 Å². The van der Waals surface area contributed by atoms with Gasteiger partial charge in [0.05, 0.1) is 16.7 Å². The quantitative estimate of drug-likeness (QED) is 0.474. The van der Waals surface area contributed by atoms with Gasteiger partial charge < -0.3 is 4.90 Å². The molecule has 1 atom stereocenters. The summed E-state index contributed by atoms with van der Waals surface area (Å²) in [5, 5.41) is 10.5. The largest absolute Gasteiger partial charge is 0.408 e. The number of hydrogen-bond acceptors (Lipinski definition) is 3. The lowest BCUT2D eigenvalue weighted by atomic mass is 10.2. The number of hydrogen-bond donors (Lipinski definition) is 0. The van der Waals surface area contributed by atoms with Crippen molar-refractivity contribution in [2.24, 2.45) is 0 Å². The summed E-state index contributed by atoms with van der Waals surface area (Å²) < 4.78 is 52.0. The fourth-order valence-corrected chi connectivity index (χ4v) is 2.24. The van der Waals surface area contributed by atoms with Crippen LogP contribution < -0.4 is 4.90 Å². The molecule has 0 N–H and O–H groups in total. The Morgan fingerprint density at radius 2 is 2.05 bits per heavy atom. The van der Waals surface area contributed by atoms with E-state index in [1.54, 1.807) is 0 Å². The van der Waals surface area contributed by atoms with Gasteiger partial charge in [0.2, 0.25) is 0 Å². The average Bonchev–Trinajstić information content (AvgIpc) is 2.77. The van der Waals surface area contributed by atoms with Crippen LogP contribution in [0.2, 0.25) is 0 Å². The minimum atomic E-state index is -4.44. The average molecular weight is 278 g/mol. The molecule has 0 spiro atoms. The number of alkyl halides is 3. The summed E-state index contributed by atoms with van der Waals surface area (Å²) in [7, 11) is 0. The van der Waals surface area contributed by atoms with Crippen molar-refractivity contribution in [2.75, 3.05) is 11.4 Å². The Hall–Kier alpha value is -1.86. The molecule has 1 aliphatic rings. The maximum absolute atomic E-state index is 13.7. The van der Waals surface area contributed by atoms with Gasteiger partial charge >= 0.3 is 6.18 Å². The van der Waals surface area contributed by atoms with Crippen LogP contribution in [0.4, 0.5) is 28.9 Å². The maximum atomic E-state index is 13.7. The standard InChI is InChI=1S/C11H10F4N2O2/c12-8-6-7(17(18)19)3-4-9(8)16-5-1-2-10(16)11(13,14)15/h3-4,6,10H,1-2,5H2. The molecule has 1 aromatic rings. The monoisotopic (exact) mass is 278 g/mol. The third kappa shape index (κ3) is 2.61. The molecule has 1 saturated heterocycles. The molecule has 1 aliphatic heterocycles. The zero-order chi connectivity index (χ0) is 14.2. The fraction of sp³-hybridized carbons (Fsp3) is 0.455. The minimum Gasteiger partial charge on any atom is -0.357 e. The van der Waals surface area contributed by atoms with E-state index in [1.165, 1.54) is 0 Å². The number of nitro groups is 1. The summed E-state index contributed by atoms with van der Waals surface area (Å²) in [6.07, 6.45) is -4.23. The van der Waals surface area contributed by atoms with Crippen molar-refractivity contribution in [3.8, 4) is 0 Å². The Morgan fingerprint density at radius 1 is 1.37 bits per heavy atom. The van der Waals surface area contributed by atoms with Crippen LogP contribution in [-0.4, -0.2) is 23.7 Å². The molecule has 1 unspecified atom stereocenters. The van der Waals surface area contributed by atoms with Gasteiger partial charge in [0.15, 0.2) is 5.82 Å². The third-order valence-electron chi connectivity index (χ3n) is 3.08. The molecule has 4 nitrogen and oxygen atoms in total. The summed E-state index contributed by atoms with van der Waals surface area (Å²) in [4.78, 5) is 10.6. The van der Waals surface area contributed by atoms with Crippen LogP contribution in [0.1, 0.15) is 12.8 Å². The molecule has 0 radical (unpaired) electrons. The summed E-state index contributed by atoms with van der Waals surface area (Å²) in [5.41, 5.74) is -0.727. The first-order valence-corrected chi connectivity index (χ1v) is 5.58. The molecule has 8 heteroatoms. The lowest BCUT2D eigenvalue weighted by Crippen LogP contribution is -2.41. The van der Waals surface area contributed by atoms with E-state index in [1.807, 2.05) is 0 Å². The molecule has 19 heavy (non-hydrogen) atoms. The van der Waals surface area contributed by atoms with Crippen LogP contribution in [0, 0.1) is 15.9 Å². The van der Waals surface area contributed by atoms with Gasteiger partial charge in [0, 0.05) is 12.6 Å². The van der Waals surface area contributed by atoms with Crippen molar-refractivity contribution < 1.29 is 22.5 Å². The SMILES string of the molecule is O=[N+]([O-])c1ccc(N2CCCC2C(F)(F)F)c(F)c1. The lowest BCUT2D eigenvalue weighted by molar-refractivity contribution is -0.385. The van der Waals surface area contributed by atoms with Gasteiger partial charge in [-0.05, 0) is 18.9 Å². The molecule has 0 saturated carbocycles. The minimum absolute atomic E-state index is 0.0822. The summed E-state index contributed by atoms with van der Waals surface area (Å²) in [6.45, 7) is 0.0822. The predicted octanol–water partition coefficient (Wildman–Crippen LogP) is 3.27. The van der Waals surface area contributed by atoms with Gasteiger partial charge in [-0.2, -0.15) is 13.2 Å². The molecule has 0 amide bonds. The molecule has 0 aliphatic carbocycles. The molecular weight excluding hydrogens is 268 g/mol. The topological polar surface area (TPSA) is 46.4 Å². The van der Waals surface area contributed by atoms with Crippen molar-refractivity contribution in [3.63, 3.8) is 0 Å². The predicted molar refractivity (Wildman–Crippen MR) is 59.5 cm³/mol. The van der Waals surface area contributed by atoms with Gasteiger partial charge in [-0.1, -0.05) is 0 Å². The Kier molecular flexibility index (Phi) is 3.34. The van der Waals surface area contributed by atoms with E-state index < -0.39 is 28.6 Å². The molecule has 104 valence electrons. The number of nitrogens with zero attached hydrogens (tertiary/aromatic N) is 2. The van der Waals surface area contributed by atoms with Crippen molar-refractivity contribution in [2.45, 2.75) is 25.1 Å². The second-order valence-corrected chi connectivity index (χ2v) is 4.29. The normalized spacial score (nSPS) is 19.8. The van der Waals surface area contributed by atoms with E-state index in [4.69, 9.17) is 0 Å². The van der Waals surface area contributed by atoms with Gasteiger partial charge in [-0.3, -0.25) is 10.1 Å². The summed E-state index contributed by atoms with van der Waals surface area (Å²) in [6, 6.07) is 0.937.